The number of nitrogens with one attached hydrogen (secondary N) is 1. The van der Waals surface area contributed by atoms with Crippen LogP contribution >= 0.6 is 0 Å². The minimum atomic E-state index is -0.949. The van der Waals surface area contributed by atoms with E-state index in [9.17, 15) is 19.8 Å². The molecule has 0 saturated heterocycles. The number of hydrogen-bond acceptors (Lipinski definition) is 5. The van der Waals surface area contributed by atoms with Crippen LogP contribution in [0.25, 0.3) is 0 Å². The van der Waals surface area contributed by atoms with Gasteiger partial charge in [-0.3, -0.25) is 9.59 Å². The Morgan fingerprint density at radius 1 is 1.18 bits per heavy atom. The highest BCUT2D eigenvalue weighted by molar-refractivity contribution is 5.96. The number of aliphatic hydroxyl groups excluding tert-OH is 2. The molecule has 4 rings (SSSR count). The van der Waals surface area contributed by atoms with Gasteiger partial charge in [-0.1, -0.05) is 51.3 Å². The van der Waals surface area contributed by atoms with Gasteiger partial charge in [0.1, 0.15) is 18.0 Å². The number of para-hydroxylation sites is 1. The van der Waals surface area contributed by atoms with Crippen LogP contribution in [0.4, 0.5) is 0 Å². The molecule has 1 aromatic carbocycles. The first-order valence-corrected chi connectivity index (χ1v) is 12.3. The topological polar surface area (TPSA) is 99.1 Å². The maximum absolute atomic E-state index is 13.5. The summed E-state index contributed by atoms with van der Waals surface area (Å²) >= 11 is 0. The molecule has 3 N–H and O–H groups in total. The minimum absolute atomic E-state index is 0.0151. The van der Waals surface area contributed by atoms with Crippen molar-refractivity contribution in [3.63, 3.8) is 0 Å². The average Bonchev–Trinajstić information content (AvgIpc) is 3.19. The zero-order valence-corrected chi connectivity index (χ0v) is 19.6. The summed E-state index contributed by atoms with van der Waals surface area (Å²) in [4.78, 5) is 28.5. The van der Waals surface area contributed by atoms with E-state index < -0.39 is 24.2 Å². The smallest absolute Gasteiger partial charge is 0.247 e. The average molecular weight is 457 g/mol. The molecule has 0 aromatic heterocycles. The fraction of sp³-hybridized carbons (Fsp3) is 0.615. The largest absolute Gasteiger partial charge is 0.486 e. The number of hydrogen-bond donors (Lipinski definition) is 3. The first-order valence-electron chi connectivity index (χ1n) is 12.3. The van der Waals surface area contributed by atoms with Gasteiger partial charge in [-0.15, -0.1) is 0 Å². The normalized spacial score (nSPS) is 26.8. The van der Waals surface area contributed by atoms with Gasteiger partial charge < -0.3 is 25.2 Å². The predicted molar refractivity (Wildman–Crippen MR) is 125 cm³/mol. The van der Waals surface area contributed by atoms with E-state index in [1.54, 1.807) is 6.08 Å². The fourth-order valence-corrected chi connectivity index (χ4v) is 5.59. The number of ether oxygens (including phenoxy) is 1. The molecule has 2 aliphatic carbocycles. The number of aliphatic hydroxyl groups is 2. The number of carbonyl (C=O) groups is 2. The Morgan fingerprint density at radius 2 is 1.91 bits per heavy atom. The van der Waals surface area contributed by atoms with Crippen molar-refractivity contribution >= 4 is 11.8 Å². The van der Waals surface area contributed by atoms with Crippen LogP contribution in [0.2, 0.25) is 0 Å². The van der Waals surface area contributed by atoms with Crippen molar-refractivity contribution < 1.29 is 24.5 Å². The Bertz CT molecular complexity index is 892. The first kappa shape index (κ1) is 23.8. The van der Waals surface area contributed by atoms with E-state index in [4.69, 9.17) is 4.74 Å². The lowest BCUT2D eigenvalue weighted by Crippen LogP contribution is -2.58. The molecule has 0 unspecified atom stereocenters. The van der Waals surface area contributed by atoms with Crippen LogP contribution in [0, 0.1) is 5.92 Å². The van der Waals surface area contributed by atoms with Crippen molar-refractivity contribution in [1.82, 2.24) is 10.2 Å². The second-order valence-corrected chi connectivity index (χ2v) is 9.87. The van der Waals surface area contributed by atoms with Gasteiger partial charge in [-0.05, 0) is 30.9 Å². The molecule has 1 aromatic rings. The molecule has 1 aliphatic heterocycles. The third-order valence-corrected chi connectivity index (χ3v) is 7.04. The quantitative estimate of drug-likeness (QED) is 0.586. The molecule has 0 bridgehead atoms. The van der Waals surface area contributed by atoms with Crippen LogP contribution < -0.4 is 10.1 Å². The van der Waals surface area contributed by atoms with E-state index in [2.05, 4.69) is 5.32 Å². The van der Waals surface area contributed by atoms with Gasteiger partial charge in [0.05, 0.1) is 18.6 Å². The van der Waals surface area contributed by atoms with Gasteiger partial charge >= 0.3 is 0 Å². The lowest BCUT2D eigenvalue weighted by molar-refractivity contribution is -0.142. The predicted octanol–water partition coefficient (Wildman–Crippen LogP) is 2.52. The third kappa shape index (κ3) is 4.80. The number of rotatable bonds is 7. The van der Waals surface area contributed by atoms with Crippen molar-refractivity contribution in [2.75, 3.05) is 13.2 Å². The molecule has 7 nitrogen and oxygen atoms in total. The molecule has 2 amide bonds. The second-order valence-electron chi connectivity index (χ2n) is 9.87. The molecular weight excluding hydrogens is 420 g/mol. The highest BCUT2D eigenvalue weighted by Crippen LogP contribution is 2.47. The summed E-state index contributed by atoms with van der Waals surface area (Å²) in [6.07, 6.45) is 5.67. The van der Waals surface area contributed by atoms with Crippen LogP contribution in [0.1, 0.15) is 63.9 Å². The van der Waals surface area contributed by atoms with Crippen molar-refractivity contribution in [2.24, 2.45) is 5.92 Å². The summed E-state index contributed by atoms with van der Waals surface area (Å²) < 4.78 is 6.18. The molecule has 33 heavy (non-hydrogen) atoms. The van der Waals surface area contributed by atoms with E-state index >= 15 is 0 Å². The number of fused-ring (bicyclic) bond motifs is 3. The third-order valence-electron chi connectivity index (χ3n) is 7.04. The van der Waals surface area contributed by atoms with Crippen molar-refractivity contribution in [3.05, 3.63) is 41.5 Å². The molecule has 3 aliphatic rings. The summed E-state index contributed by atoms with van der Waals surface area (Å²) in [6, 6.07) is 6.94. The van der Waals surface area contributed by atoms with Gasteiger partial charge in [0.15, 0.2) is 0 Å². The summed E-state index contributed by atoms with van der Waals surface area (Å²) in [6.45, 7) is 4.02. The standard InChI is InChI=1S/C26H36N2O5/c1-16(2)14-22(30)28(17-8-4-3-5-9-17)20-15-19(26(32)27-12-13-29)23-18-10-6-7-11-21(18)33-25(23)24(20)31/h6-7,10-11,15-17,20,23-25,29,31H,3-5,8-9,12-14H2,1-2H3,(H,27,32)/t20-,23+,24+,25+/m1/s1. The molecule has 1 saturated carbocycles. The van der Waals surface area contributed by atoms with Crippen LogP contribution in [-0.2, 0) is 9.59 Å². The maximum atomic E-state index is 13.5. The fourth-order valence-electron chi connectivity index (χ4n) is 5.59. The zero-order chi connectivity index (χ0) is 23.5. The van der Waals surface area contributed by atoms with Crippen molar-refractivity contribution in [3.8, 4) is 5.75 Å². The van der Waals surface area contributed by atoms with E-state index in [-0.39, 0.29) is 36.9 Å². The van der Waals surface area contributed by atoms with Crippen molar-refractivity contribution in [2.45, 2.75) is 82.6 Å². The summed E-state index contributed by atoms with van der Waals surface area (Å²) in [5.74, 6) is 0.156. The molecular formula is C26H36N2O5. The second kappa shape index (κ2) is 10.3. The van der Waals surface area contributed by atoms with Gasteiger partial charge in [0.2, 0.25) is 11.8 Å². The van der Waals surface area contributed by atoms with Gasteiger partial charge in [0, 0.05) is 30.1 Å². The zero-order valence-electron chi connectivity index (χ0n) is 19.6. The van der Waals surface area contributed by atoms with Crippen LogP contribution in [0.5, 0.6) is 5.75 Å². The molecule has 1 fully saturated rings. The molecule has 4 atom stereocenters. The summed E-state index contributed by atoms with van der Waals surface area (Å²) in [5.41, 5.74) is 1.36. The molecule has 1 heterocycles. The molecule has 180 valence electrons. The van der Waals surface area contributed by atoms with Gasteiger partial charge in [0.25, 0.3) is 0 Å². The Morgan fingerprint density at radius 3 is 2.61 bits per heavy atom. The molecule has 0 radical (unpaired) electrons. The van der Waals surface area contributed by atoms with Crippen LogP contribution in [0.15, 0.2) is 35.9 Å². The monoisotopic (exact) mass is 456 g/mol. The Balaban J connectivity index is 1.75. The summed E-state index contributed by atoms with van der Waals surface area (Å²) in [5, 5.41) is 23.5. The highest BCUT2D eigenvalue weighted by atomic mass is 16.5. The van der Waals surface area contributed by atoms with E-state index in [1.807, 2.05) is 43.0 Å². The number of amides is 2. The lowest BCUT2D eigenvalue weighted by atomic mass is 9.76. The summed E-state index contributed by atoms with van der Waals surface area (Å²) in [7, 11) is 0. The molecule has 7 heteroatoms. The van der Waals surface area contributed by atoms with Crippen LogP contribution in [-0.4, -0.2) is 64.4 Å². The maximum Gasteiger partial charge on any atom is 0.247 e. The number of carbonyl (C=O) groups excluding carboxylic acids is 2. The first-order chi connectivity index (χ1) is 15.9. The minimum Gasteiger partial charge on any atom is -0.486 e. The van der Waals surface area contributed by atoms with E-state index in [0.717, 1.165) is 37.7 Å². The van der Waals surface area contributed by atoms with E-state index in [0.29, 0.717) is 17.7 Å². The number of benzene rings is 1. The van der Waals surface area contributed by atoms with Gasteiger partial charge in [-0.2, -0.15) is 0 Å². The van der Waals surface area contributed by atoms with Crippen LogP contribution in [0.3, 0.4) is 0 Å². The SMILES string of the molecule is CC(C)CC(=O)N(C1CCCCC1)[C@@H]1C=C(C(=O)NCCO)[C@@H]2c3ccccc3O[C@@H]2[C@H]1O. The Kier molecular flexibility index (Phi) is 7.39. The van der Waals surface area contributed by atoms with Gasteiger partial charge in [-0.25, -0.2) is 0 Å². The lowest BCUT2D eigenvalue weighted by Gasteiger charge is -2.45. The Labute approximate surface area is 195 Å². The highest BCUT2D eigenvalue weighted by Gasteiger charge is 2.51. The Hall–Kier alpha value is -2.38. The van der Waals surface area contributed by atoms with Crippen molar-refractivity contribution in [1.29, 1.82) is 0 Å². The van der Waals surface area contributed by atoms with E-state index in [1.165, 1.54) is 0 Å². The number of nitrogens with zero attached hydrogens (tertiary/aromatic N) is 1. The molecule has 0 spiro atoms.